The van der Waals surface area contributed by atoms with Crippen LogP contribution in [-0.4, -0.2) is 47.4 Å². The Morgan fingerprint density at radius 3 is 1.15 bits per heavy atom. The summed E-state index contributed by atoms with van der Waals surface area (Å²) in [5.41, 5.74) is 0. The van der Waals surface area contributed by atoms with E-state index in [0.717, 1.165) is 57.8 Å². The fourth-order valence-electron chi connectivity index (χ4n) is 8.22. The Morgan fingerprint density at radius 2 is 0.780 bits per heavy atom. The topological polar surface area (TPSA) is 95.9 Å². The van der Waals surface area contributed by atoms with E-state index in [2.05, 4.69) is 19.2 Å². The quantitative estimate of drug-likeness (QED) is 0.0322. The van der Waals surface area contributed by atoms with Crippen LogP contribution in [0.1, 0.15) is 290 Å². The zero-order chi connectivity index (χ0) is 43.0. The molecule has 0 spiro atoms. The van der Waals surface area contributed by atoms with Crippen molar-refractivity contribution in [3.05, 3.63) is 12.2 Å². The maximum Gasteiger partial charge on any atom is 0.305 e. The van der Waals surface area contributed by atoms with Crippen LogP contribution in [0.25, 0.3) is 0 Å². The lowest BCUT2D eigenvalue weighted by molar-refractivity contribution is -0.143. The SMILES string of the molecule is CCCCCCCCCCC/C=C/C(O)C(CO)NC(=O)CCCCCCCCCCCCCCOC(=O)CCCCCCCCCCCCCCCCCCCCC. The number of unbranched alkanes of at least 4 members (excludes halogenated alkanes) is 38. The molecule has 2 atom stereocenters. The van der Waals surface area contributed by atoms with Crippen molar-refractivity contribution in [1.29, 1.82) is 0 Å². The minimum atomic E-state index is -0.852. The van der Waals surface area contributed by atoms with Gasteiger partial charge in [-0.3, -0.25) is 9.59 Å². The summed E-state index contributed by atoms with van der Waals surface area (Å²) in [6, 6.07) is -0.637. The van der Waals surface area contributed by atoms with E-state index in [1.165, 1.54) is 205 Å². The van der Waals surface area contributed by atoms with Gasteiger partial charge >= 0.3 is 5.97 Å². The van der Waals surface area contributed by atoms with E-state index in [0.29, 0.717) is 19.4 Å². The van der Waals surface area contributed by atoms with Gasteiger partial charge in [0.2, 0.25) is 5.91 Å². The normalized spacial score (nSPS) is 12.7. The van der Waals surface area contributed by atoms with Crippen LogP contribution in [0, 0.1) is 0 Å². The van der Waals surface area contributed by atoms with E-state index >= 15 is 0 Å². The molecule has 0 aromatic carbocycles. The number of nitrogens with one attached hydrogen (secondary N) is 1. The molecule has 2 unspecified atom stereocenters. The molecule has 0 rings (SSSR count). The Morgan fingerprint density at radius 1 is 0.458 bits per heavy atom. The van der Waals surface area contributed by atoms with Crippen molar-refractivity contribution in [2.45, 2.75) is 302 Å². The molecule has 0 aliphatic carbocycles. The van der Waals surface area contributed by atoms with Crippen LogP contribution < -0.4 is 5.32 Å². The second-order valence-corrected chi connectivity index (χ2v) is 18.2. The van der Waals surface area contributed by atoms with E-state index in [4.69, 9.17) is 4.74 Å². The minimum Gasteiger partial charge on any atom is -0.466 e. The first-order chi connectivity index (χ1) is 29.0. The van der Waals surface area contributed by atoms with E-state index in [1.54, 1.807) is 6.08 Å². The molecule has 59 heavy (non-hydrogen) atoms. The Labute approximate surface area is 368 Å². The highest BCUT2D eigenvalue weighted by Gasteiger charge is 2.18. The lowest BCUT2D eigenvalue weighted by Gasteiger charge is -2.20. The maximum absolute atomic E-state index is 12.4. The summed E-state index contributed by atoms with van der Waals surface area (Å²) in [5, 5.41) is 23.0. The number of ether oxygens (including phenoxy) is 1. The molecular weight excluding hydrogens is 731 g/mol. The lowest BCUT2D eigenvalue weighted by Crippen LogP contribution is -2.45. The van der Waals surface area contributed by atoms with E-state index in [1.807, 2.05) is 6.08 Å². The highest BCUT2D eigenvalue weighted by molar-refractivity contribution is 5.76. The molecule has 0 aromatic heterocycles. The van der Waals surface area contributed by atoms with E-state index in [9.17, 15) is 19.8 Å². The van der Waals surface area contributed by atoms with Gasteiger partial charge in [-0.25, -0.2) is 0 Å². The number of aliphatic hydroxyl groups excluding tert-OH is 2. The number of carbonyl (C=O) groups excluding carboxylic acids is 2. The van der Waals surface area contributed by atoms with Gasteiger partial charge in [-0.1, -0.05) is 257 Å². The number of rotatable bonds is 49. The molecule has 0 radical (unpaired) electrons. The fourth-order valence-corrected chi connectivity index (χ4v) is 8.22. The van der Waals surface area contributed by atoms with Gasteiger partial charge in [0, 0.05) is 12.8 Å². The second kappa shape index (κ2) is 49.3. The van der Waals surface area contributed by atoms with Crippen molar-refractivity contribution >= 4 is 11.9 Å². The molecule has 6 nitrogen and oxygen atoms in total. The molecule has 6 heteroatoms. The molecule has 0 bridgehead atoms. The first kappa shape index (κ1) is 57.6. The third kappa shape index (κ3) is 45.9. The summed E-state index contributed by atoms with van der Waals surface area (Å²) in [7, 11) is 0. The molecule has 0 fully saturated rings. The van der Waals surface area contributed by atoms with E-state index in [-0.39, 0.29) is 18.5 Å². The zero-order valence-corrected chi connectivity index (χ0v) is 39.7. The molecule has 0 saturated heterocycles. The lowest BCUT2D eigenvalue weighted by atomic mass is 10.0. The number of amides is 1. The summed E-state index contributed by atoms with van der Waals surface area (Å²) in [6.45, 7) is 4.87. The van der Waals surface area contributed by atoms with Crippen LogP contribution in [0.4, 0.5) is 0 Å². The number of esters is 1. The molecule has 0 aliphatic heterocycles. The molecule has 0 aliphatic rings. The fraction of sp³-hybridized carbons (Fsp3) is 0.925. The maximum atomic E-state index is 12.4. The van der Waals surface area contributed by atoms with Gasteiger partial charge in [-0.05, 0) is 32.1 Å². The number of hydrogen-bond acceptors (Lipinski definition) is 5. The number of aliphatic hydroxyl groups is 2. The predicted octanol–water partition coefficient (Wildman–Crippen LogP) is 15.7. The number of carbonyl (C=O) groups is 2. The minimum absolute atomic E-state index is 0.00621. The van der Waals surface area contributed by atoms with Crippen molar-refractivity contribution in [1.82, 2.24) is 5.32 Å². The van der Waals surface area contributed by atoms with Crippen LogP contribution in [-0.2, 0) is 14.3 Å². The van der Waals surface area contributed by atoms with Gasteiger partial charge in [0.25, 0.3) is 0 Å². The Balaban J connectivity index is 3.42. The van der Waals surface area contributed by atoms with E-state index < -0.39 is 12.1 Å². The molecule has 3 N–H and O–H groups in total. The van der Waals surface area contributed by atoms with Crippen molar-refractivity contribution in [3.63, 3.8) is 0 Å². The van der Waals surface area contributed by atoms with Gasteiger partial charge in [-0.2, -0.15) is 0 Å². The molecular formula is C53H103NO5. The Kier molecular flexibility index (Phi) is 48.1. The number of allylic oxidation sites excluding steroid dienone is 1. The Hall–Kier alpha value is -1.40. The second-order valence-electron chi connectivity index (χ2n) is 18.2. The smallest absolute Gasteiger partial charge is 0.305 e. The van der Waals surface area contributed by atoms with Crippen molar-refractivity contribution < 1.29 is 24.5 Å². The molecule has 350 valence electrons. The van der Waals surface area contributed by atoms with Crippen LogP contribution in [0.15, 0.2) is 12.2 Å². The largest absolute Gasteiger partial charge is 0.466 e. The highest BCUT2D eigenvalue weighted by Crippen LogP contribution is 2.17. The van der Waals surface area contributed by atoms with Gasteiger partial charge in [0.15, 0.2) is 0 Å². The van der Waals surface area contributed by atoms with Gasteiger partial charge < -0.3 is 20.3 Å². The summed E-state index contributed by atoms with van der Waals surface area (Å²) >= 11 is 0. The first-order valence-electron chi connectivity index (χ1n) is 26.5. The van der Waals surface area contributed by atoms with Crippen molar-refractivity contribution in [3.8, 4) is 0 Å². The van der Waals surface area contributed by atoms with Crippen molar-refractivity contribution in [2.75, 3.05) is 13.2 Å². The van der Waals surface area contributed by atoms with Crippen LogP contribution in [0.2, 0.25) is 0 Å². The highest BCUT2D eigenvalue weighted by atomic mass is 16.5. The molecule has 1 amide bonds. The average Bonchev–Trinajstić information content (AvgIpc) is 3.24. The molecule has 0 heterocycles. The summed E-state index contributed by atoms with van der Waals surface area (Å²) in [5.74, 6) is -0.0899. The third-order valence-corrected chi connectivity index (χ3v) is 12.3. The standard InChI is InChI=1S/C53H103NO5/c1-3-5-7-9-11-13-15-16-17-18-19-20-21-22-27-31-35-39-43-47-53(58)59-48-44-40-36-32-28-24-23-26-30-34-38-42-46-52(57)54-50(49-55)51(56)45-41-37-33-29-25-14-12-10-8-6-4-2/h41,45,50-51,55-56H,3-40,42-44,46-49H2,1-2H3,(H,54,57)/b45-41+. The van der Waals surface area contributed by atoms with Gasteiger partial charge in [0.1, 0.15) is 0 Å². The zero-order valence-electron chi connectivity index (χ0n) is 39.7. The van der Waals surface area contributed by atoms with Gasteiger partial charge in [0.05, 0.1) is 25.4 Å². The monoisotopic (exact) mass is 834 g/mol. The van der Waals surface area contributed by atoms with Gasteiger partial charge in [-0.15, -0.1) is 0 Å². The average molecular weight is 834 g/mol. The molecule has 0 saturated carbocycles. The van der Waals surface area contributed by atoms with Crippen LogP contribution in [0.5, 0.6) is 0 Å². The Bertz CT molecular complexity index is 878. The summed E-state index contributed by atoms with van der Waals surface area (Å²) in [4.78, 5) is 24.5. The third-order valence-electron chi connectivity index (χ3n) is 12.3. The number of hydrogen-bond donors (Lipinski definition) is 3. The molecule has 0 aromatic rings. The van der Waals surface area contributed by atoms with Crippen LogP contribution in [0.3, 0.4) is 0 Å². The van der Waals surface area contributed by atoms with Crippen molar-refractivity contribution in [2.24, 2.45) is 0 Å². The van der Waals surface area contributed by atoms with Crippen LogP contribution >= 0.6 is 0 Å². The summed E-state index contributed by atoms with van der Waals surface area (Å²) in [6.07, 6.45) is 56.5. The predicted molar refractivity (Wildman–Crippen MR) is 255 cm³/mol. The summed E-state index contributed by atoms with van der Waals surface area (Å²) < 4.78 is 5.48. The first-order valence-corrected chi connectivity index (χ1v) is 26.5.